The zero-order valence-electron chi connectivity index (χ0n) is 110. The Balaban J connectivity index is 0.000000231. The predicted molar refractivity (Wildman–Crippen MR) is 471 cm³/mol. The molecular formula is C96H152N8O16. The summed E-state index contributed by atoms with van der Waals surface area (Å²) in [5.74, 6) is -10.8. The van der Waals surface area contributed by atoms with Crippen LogP contribution in [0, 0.1) is 71.0 Å². The lowest BCUT2D eigenvalue weighted by molar-refractivity contribution is -0.161. The molecule has 4 saturated heterocycles. The topological polar surface area (TPSA) is 296 Å². The molecule has 0 bridgehead atoms. The summed E-state index contributed by atoms with van der Waals surface area (Å²) in [6.45, 7) is 16.3. The second kappa shape index (κ2) is 43.9. The number of hydrogen-bond acceptors (Lipinski definition) is 24. The van der Waals surface area contributed by atoms with E-state index in [-0.39, 0.29) is 120 Å². The third-order valence-corrected chi connectivity index (χ3v) is 21.8. The fourth-order valence-corrected chi connectivity index (χ4v) is 15.0. The van der Waals surface area contributed by atoms with Crippen LogP contribution in [0.15, 0.2) is 48.3 Å². The molecule has 8 aliphatic heterocycles. The molecule has 16 atom stereocenters. The first-order chi connectivity index (χ1) is 71.2. The fraction of sp³-hybridized carbons (Fsp3) is 0.708. The van der Waals surface area contributed by atoms with Crippen molar-refractivity contribution in [2.45, 2.75) is 260 Å². The average molecular weight is 1710 g/mol. The number of fused-ring (bicyclic) bond motifs is 12. The second-order valence-electron chi connectivity index (χ2n) is 34.1. The van der Waals surface area contributed by atoms with Crippen molar-refractivity contribution in [2.75, 3.05) is 109 Å². The van der Waals surface area contributed by atoms with Crippen molar-refractivity contribution in [3.8, 4) is 46.0 Å². The summed E-state index contributed by atoms with van der Waals surface area (Å²) in [5.41, 5.74) is 20.0. The van der Waals surface area contributed by atoms with Crippen LogP contribution in [0.4, 0.5) is 0 Å². The molecule has 8 N–H and O–H groups in total. The van der Waals surface area contributed by atoms with Crippen molar-refractivity contribution in [1.29, 1.82) is 0 Å². The van der Waals surface area contributed by atoms with Crippen LogP contribution in [0.2, 0.25) is 0 Å². The summed E-state index contributed by atoms with van der Waals surface area (Å²) >= 11 is 0. The molecule has 0 amide bonds. The summed E-state index contributed by atoms with van der Waals surface area (Å²) in [5, 5.41) is 0. The van der Waals surface area contributed by atoms with E-state index >= 15 is 0 Å². The van der Waals surface area contributed by atoms with E-state index in [1.54, 1.807) is 55.4 Å². The Bertz CT molecular complexity index is 5760. The van der Waals surface area contributed by atoms with Crippen LogP contribution >= 0.6 is 0 Å². The lowest BCUT2D eigenvalue weighted by Crippen LogP contribution is -2.51. The standard InChI is InChI=1S/4C24H38N2O4/c4*1-14(2)9-17-13-26-8-7-16-10-21(28-5)22(29-6)11-18(16)19(26)12-20(17)30-24(27)23(25)15(3)4/h4*10-11,14-15,17,19-20,23H,7-9,12-13,25H2,1-6H3/t4*17?,19?,20?,23-/m0000/s1/i5D3,7D2,8D2,10D,11D,19D,20D;2*7D2,8D2,10D,11D,19D,20D;5D3,7D2,8D2,10D,11D,19D. The Morgan fingerprint density at radius 2 is 0.567 bits per heavy atom. The SMILES string of the molecule is [2H]c1c(OC)c(OC([2H])([2H])[2H])c([2H])c2c1C1([2H])CC(OC(=O)[C@@H](N)C(C)C)C(CC(C)C)CN1C([2H])([2H])C2([2H])[2H].[2H]c1c(OC)c(OC([2H])([2H])[2H])c([2H])c2c1C1([2H])CC([2H])(OC(=O)[C@@H](N)C(C)C)C(CC(C)C)CN1C([2H])([2H])C2([2H])[2H].[2H]c1c(OC)c(OC)c([2H])c2c1C1([2H])CC([2H])(OC(=O)[C@@H](N)C(C)C)C(CC(C)C)CN1C([2H])([2H])C2([2H])[2H].[2H]c1c(OC)c(OC)c([2H])c2c1C1([2H])CC([2H])(OC(=O)[C@@H](N)C(C)C)C(CC(C)C)CN1C([2H])([2H])C2([2H])[2H]. The molecule has 8 aliphatic rings. The molecule has 672 valence electrons. The van der Waals surface area contributed by atoms with E-state index in [9.17, 15) is 28.8 Å². The monoisotopic (exact) mass is 1710 g/mol. The lowest BCUT2D eigenvalue weighted by Gasteiger charge is -2.47. The van der Waals surface area contributed by atoms with Crippen molar-refractivity contribution >= 4 is 23.9 Å². The molecule has 120 heavy (non-hydrogen) atoms. The van der Waals surface area contributed by atoms with Crippen LogP contribution in [0.5, 0.6) is 46.0 Å². The van der Waals surface area contributed by atoms with Crippen LogP contribution < -0.4 is 60.8 Å². The van der Waals surface area contributed by atoms with Crippen molar-refractivity contribution in [1.82, 2.24) is 19.6 Å². The Morgan fingerprint density at radius 3 is 0.800 bits per heavy atom. The molecule has 12 unspecified atom stereocenters. The molecule has 8 heterocycles. The summed E-state index contributed by atoms with van der Waals surface area (Å²) < 4.78 is 387. The largest absolute Gasteiger partial charge is 0.493 e. The third kappa shape index (κ3) is 23.8. The van der Waals surface area contributed by atoms with E-state index in [0.29, 0.717) is 19.3 Å². The predicted octanol–water partition coefficient (Wildman–Crippen LogP) is 14.3. The van der Waals surface area contributed by atoms with Gasteiger partial charge in [0.05, 0.1) is 85.5 Å². The van der Waals surface area contributed by atoms with E-state index in [4.69, 9.17) is 121 Å². The van der Waals surface area contributed by atoms with Gasteiger partial charge in [-0.05, 0) is 191 Å². The highest BCUT2D eigenvalue weighted by atomic mass is 16.6. The number of methoxy groups -OCH3 is 8. The smallest absolute Gasteiger partial charge is 0.323 e. The van der Waals surface area contributed by atoms with E-state index < -0.39 is 311 Å². The van der Waals surface area contributed by atoms with Gasteiger partial charge in [-0.3, -0.25) is 38.8 Å². The number of nitrogens with two attached hydrogens (primary N) is 4. The molecule has 4 fully saturated rings. The van der Waals surface area contributed by atoms with Crippen LogP contribution in [-0.2, 0) is 63.6 Å². The van der Waals surface area contributed by atoms with E-state index in [1.165, 1.54) is 28.4 Å². The molecule has 0 aromatic heterocycles. The highest BCUT2D eigenvalue weighted by molar-refractivity contribution is 5.77. The normalized spacial score (nSPS) is 37.2. The number of piperidine rings is 4. The number of carbonyl (C=O) groups excluding carboxylic acids is 4. The zero-order valence-corrected chi connectivity index (χ0v) is 73.4. The van der Waals surface area contributed by atoms with Gasteiger partial charge in [0.25, 0.3) is 0 Å². The Hall–Kier alpha value is -7.16. The number of nitrogens with zero attached hydrogens (tertiary/aromatic N) is 4. The Morgan fingerprint density at radius 1 is 0.350 bits per heavy atom. The minimum Gasteiger partial charge on any atom is -0.493 e. The van der Waals surface area contributed by atoms with Gasteiger partial charge in [-0.2, -0.15) is 0 Å². The number of hydrogen-bond donors (Lipinski definition) is 4. The number of rotatable bonds is 28. The maximum Gasteiger partial charge on any atom is 0.323 e. The van der Waals surface area contributed by atoms with Gasteiger partial charge in [0.15, 0.2) is 46.0 Å². The number of carbonyl (C=O) groups is 4. The van der Waals surface area contributed by atoms with Crippen LogP contribution in [0.25, 0.3) is 0 Å². The highest BCUT2D eigenvalue weighted by Gasteiger charge is 2.47. The van der Waals surface area contributed by atoms with E-state index in [0.717, 1.165) is 33.8 Å². The maximum absolute atomic E-state index is 13.0. The molecular weight excluding hydrogens is 1520 g/mol. The van der Waals surface area contributed by atoms with Crippen molar-refractivity contribution in [3.05, 3.63) is 92.8 Å². The quantitative estimate of drug-likeness (QED) is 0.0303. The van der Waals surface area contributed by atoms with Gasteiger partial charge in [0, 0.05) is 148 Å². The van der Waals surface area contributed by atoms with Crippen molar-refractivity contribution in [3.63, 3.8) is 0 Å². The fourth-order valence-electron chi connectivity index (χ4n) is 15.0. The number of benzene rings is 4. The van der Waals surface area contributed by atoms with Gasteiger partial charge >= 0.3 is 23.9 Å². The minimum atomic E-state index is -3.12. The van der Waals surface area contributed by atoms with E-state index in [1.807, 2.05) is 55.4 Å². The average Bonchev–Trinajstić information content (AvgIpc) is 0.693. The van der Waals surface area contributed by atoms with Crippen LogP contribution in [-0.4, -0.2) is 201 Å². The number of esters is 4. The number of ether oxygens (including phenoxy) is 12. The summed E-state index contributed by atoms with van der Waals surface area (Å²) in [4.78, 5) is 55.7. The molecule has 0 aliphatic carbocycles. The van der Waals surface area contributed by atoms with Crippen molar-refractivity contribution < 1.29 is 127 Å². The van der Waals surface area contributed by atoms with Gasteiger partial charge in [0.2, 0.25) is 0 Å². The van der Waals surface area contributed by atoms with Gasteiger partial charge in [-0.1, -0.05) is 111 Å². The second-order valence-corrected chi connectivity index (χ2v) is 34.1. The summed E-state index contributed by atoms with van der Waals surface area (Å²) in [6.07, 6.45) is -19.7. The molecule has 0 radical (unpaired) electrons. The first-order valence-corrected chi connectivity index (χ1v) is 41.1. The molecule has 0 spiro atoms. The van der Waals surface area contributed by atoms with E-state index in [2.05, 4.69) is 0 Å². The highest BCUT2D eigenvalue weighted by Crippen LogP contribution is 2.50. The Labute approximate surface area is 770 Å². The minimum absolute atomic E-state index is 0.0103. The molecule has 12 rings (SSSR count). The maximum atomic E-state index is 13.0. The van der Waals surface area contributed by atoms with Crippen molar-refractivity contribution in [2.24, 2.45) is 93.9 Å². The van der Waals surface area contributed by atoms with Gasteiger partial charge in [-0.15, -0.1) is 0 Å². The molecule has 4 aromatic rings. The van der Waals surface area contributed by atoms with Crippen LogP contribution in [0.3, 0.4) is 0 Å². The lowest BCUT2D eigenvalue weighted by atomic mass is 9.79. The molecule has 4 aromatic carbocycles. The summed E-state index contributed by atoms with van der Waals surface area (Å²) in [6, 6.07) is -18.2. The summed E-state index contributed by atoms with van der Waals surface area (Å²) in [7, 11) is 0.935. The first kappa shape index (κ1) is 56.7. The molecule has 0 saturated carbocycles. The zero-order chi connectivity index (χ0) is 121. The molecule has 24 nitrogen and oxygen atoms in total. The third-order valence-electron chi connectivity index (χ3n) is 21.8. The Kier molecular flexibility index (Phi) is 20.7. The van der Waals surface area contributed by atoms with Gasteiger partial charge in [0.1, 0.15) is 48.5 Å². The first-order valence-electron chi connectivity index (χ1n) is 59.6. The van der Waals surface area contributed by atoms with Gasteiger partial charge < -0.3 is 79.8 Å². The molecule has 24 heteroatoms. The van der Waals surface area contributed by atoms with Crippen LogP contribution in [0.1, 0.15) is 281 Å². The van der Waals surface area contributed by atoms with Gasteiger partial charge in [-0.25, -0.2) is 0 Å².